The van der Waals surface area contributed by atoms with Crippen LogP contribution in [0.3, 0.4) is 0 Å². The highest BCUT2D eigenvalue weighted by Gasteiger charge is 2.24. The Hall–Kier alpha value is -2.73. The SMILES string of the molecule is Cc1ccc(O)c(C)c1-c1cn2c(Cl)c(C(C)C)nc2c(C(N)=O)c1N. The second kappa shape index (κ2) is 6.21. The highest BCUT2D eigenvalue weighted by Crippen LogP contribution is 2.39. The van der Waals surface area contributed by atoms with Crippen molar-refractivity contribution in [3.05, 3.63) is 45.9 Å². The lowest BCUT2D eigenvalue weighted by atomic mass is 9.93. The van der Waals surface area contributed by atoms with Crippen molar-refractivity contribution in [1.82, 2.24) is 9.38 Å². The monoisotopic (exact) mass is 372 g/mol. The van der Waals surface area contributed by atoms with Gasteiger partial charge in [-0.1, -0.05) is 31.5 Å². The van der Waals surface area contributed by atoms with E-state index in [0.29, 0.717) is 27.6 Å². The number of primary amides is 1. The Morgan fingerprint density at radius 2 is 1.96 bits per heavy atom. The number of aryl methyl sites for hydroxylation is 1. The lowest BCUT2D eigenvalue weighted by molar-refractivity contribution is 0.100. The number of rotatable bonds is 3. The number of phenols is 1. The van der Waals surface area contributed by atoms with Gasteiger partial charge in [0.1, 0.15) is 16.5 Å². The number of aromatic nitrogens is 2. The molecule has 136 valence electrons. The van der Waals surface area contributed by atoms with Crippen molar-refractivity contribution in [2.24, 2.45) is 5.73 Å². The van der Waals surface area contributed by atoms with Crippen LogP contribution in [0.25, 0.3) is 16.8 Å². The smallest absolute Gasteiger partial charge is 0.254 e. The first-order valence-electron chi connectivity index (χ1n) is 8.24. The number of aromatic hydroxyl groups is 1. The number of hydrogen-bond acceptors (Lipinski definition) is 4. The minimum absolute atomic E-state index is 0.0667. The molecule has 5 N–H and O–H groups in total. The fourth-order valence-electron chi connectivity index (χ4n) is 3.24. The van der Waals surface area contributed by atoms with Gasteiger partial charge in [-0.05, 0) is 42.5 Å². The minimum Gasteiger partial charge on any atom is -0.508 e. The number of anilines is 1. The summed E-state index contributed by atoms with van der Waals surface area (Å²) in [6.45, 7) is 7.63. The topological polar surface area (TPSA) is 107 Å². The van der Waals surface area contributed by atoms with Gasteiger partial charge in [0.05, 0.1) is 11.4 Å². The van der Waals surface area contributed by atoms with E-state index < -0.39 is 5.91 Å². The van der Waals surface area contributed by atoms with Gasteiger partial charge in [-0.25, -0.2) is 4.98 Å². The van der Waals surface area contributed by atoms with E-state index in [1.54, 1.807) is 29.7 Å². The number of phenolic OH excluding ortho intramolecular Hbond substituents is 1. The molecule has 0 aliphatic carbocycles. The molecule has 2 aromatic heterocycles. The van der Waals surface area contributed by atoms with Crippen LogP contribution in [0, 0.1) is 13.8 Å². The fraction of sp³-hybridized carbons (Fsp3) is 0.263. The minimum atomic E-state index is -0.679. The third-order valence-electron chi connectivity index (χ3n) is 4.63. The summed E-state index contributed by atoms with van der Waals surface area (Å²) in [5.41, 5.74) is 16.2. The van der Waals surface area contributed by atoms with Gasteiger partial charge in [-0.15, -0.1) is 0 Å². The van der Waals surface area contributed by atoms with Gasteiger partial charge < -0.3 is 16.6 Å². The van der Waals surface area contributed by atoms with Crippen molar-refractivity contribution < 1.29 is 9.90 Å². The zero-order valence-corrected chi connectivity index (χ0v) is 15.8. The molecular formula is C19H21ClN4O2. The second-order valence-electron chi connectivity index (χ2n) is 6.73. The average Bonchev–Trinajstić information content (AvgIpc) is 2.88. The molecule has 1 amide bonds. The number of carbonyl (C=O) groups is 1. The van der Waals surface area contributed by atoms with Crippen LogP contribution in [-0.2, 0) is 0 Å². The first-order chi connectivity index (χ1) is 12.1. The molecule has 0 atom stereocenters. The van der Waals surface area contributed by atoms with Gasteiger partial charge in [0.2, 0.25) is 0 Å². The molecule has 0 spiro atoms. The third-order valence-corrected chi connectivity index (χ3v) is 5.00. The quantitative estimate of drug-likeness (QED) is 0.650. The molecule has 0 saturated heterocycles. The van der Waals surface area contributed by atoms with Crippen LogP contribution < -0.4 is 11.5 Å². The van der Waals surface area contributed by atoms with Crippen LogP contribution in [-0.4, -0.2) is 20.4 Å². The Kier molecular flexibility index (Phi) is 4.32. The Labute approximate surface area is 156 Å². The fourth-order valence-corrected chi connectivity index (χ4v) is 3.63. The van der Waals surface area contributed by atoms with Crippen molar-refractivity contribution in [2.75, 3.05) is 5.73 Å². The number of carbonyl (C=O) groups excluding carboxylic acids is 1. The maximum Gasteiger partial charge on any atom is 0.254 e. The van der Waals surface area contributed by atoms with Crippen LogP contribution in [0.1, 0.15) is 46.9 Å². The number of hydrogen-bond donors (Lipinski definition) is 3. The summed E-state index contributed by atoms with van der Waals surface area (Å²) in [5, 5.41) is 10.5. The van der Waals surface area contributed by atoms with E-state index in [-0.39, 0.29) is 22.9 Å². The van der Waals surface area contributed by atoms with E-state index in [0.717, 1.165) is 11.1 Å². The Morgan fingerprint density at radius 1 is 1.31 bits per heavy atom. The van der Waals surface area contributed by atoms with Crippen molar-refractivity contribution in [2.45, 2.75) is 33.6 Å². The number of halogens is 1. The second-order valence-corrected chi connectivity index (χ2v) is 7.09. The zero-order valence-electron chi connectivity index (χ0n) is 15.1. The number of fused-ring (bicyclic) bond motifs is 1. The summed E-state index contributed by atoms with van der Waals surface area (Å²) in [4.78, 5) is 16.6. The van der Waals surface area contributed by atoms with E-state index in [1.165, 1.54) is 0 Å². The van der Waals surface area contributed by atoms with Crippen molar-refractivity contribution in [3.8, 4) is 16.9 Å². The van der Waals surface area contributed by atoms with E-state index in [9.17, 15) is 9.90 Å². The largest absolute Gasteiger partial charge is 0.508 e. The van der Waals surface area contributed by atoms with Gasteiger partial charge in [-0.2, -0.15) is 0 Å². The summed E-state index contributed by atoms with van der Waals surface area (Å²) in [6.07, 6.45) is 1.74. The van der Waals surface area contributed by atoms with E-state index in [2.05, 4.69) is 4.98 Å². The average molecular weight is 373 g/mol. The first kappa shape index (κ1) is 18.1. The number of imidazole rings is 1. The maximum absolute atomic E-state index is 12.1. The molecule has 26 heavy (non-hydrogen) atoms. The normalized spacial score (nSPS) is 11.5. The molecule has 0 aliphatic heterocycles. The predicted molar refractivity (Wildman–Crippen MR) is 104 cm³/mol. The summed E-state index contributed by atoms with van der Waals surface area (Å²) in [7, 11) is 0. The Bertz CT molecular complexity index is 1050. The zero-order chi connectivity index (χ0) is 19.3. The van der Waals surface area contributed by atoms with Crippen LogP contribution in [0.4, 0.5) is 5.69 Å². The molecule has 3 aromatic rings. The molecule has 6 nitrogen and oxygen atoms in total. The van der Waals surface area contributed by atoms with E-state index in [4.69, 9.17) is 23.1 Å². The lowest BCUT2D eigenvalue weighted by Crippen LogP contribution is -2.16. The van der Waals surface area contributed by atoms with E-state index in [1.807, 2.05) is 20.8 Å². The summed E-state index contributed by atoms with van der Waals surface area (Å²) < 4.78 is 1.63. The Morgan fingerprint density at radius 3 is 2.54 bits per heavy atom. The highest BCUT2D eigenvalue weighted by molar-refractivity contribution is 6.30. The van der Waals surface area contributed by atoms with Crippen molar-refractivity contribution in [3.63, 3.8) is 0 Å². The molecular weight excluding hydrogens is 352 g/mol. The van der Waals surface area contributed by atoms with Crippen LogP contribution in [0.15, 0.2) is 18.3 Å². The molecule has 0 aliphatic rings. The highest BCUT2D eigenvalue weighted by atomic mass is 35.5. The number of benzene rings is 1. The lowest BCUT2D eigenvalue weighted by Gasteiger charge is -2.16. The van der Waals surface area contributed by atoms with Crippen LogP contribution in [0.5, 0.6) is 5.75 Å². The van der Waals surface area contributed by atoms with Crippen molar-refractivity contribution in [1.29, 1.82) is 0 Å². The number of pyridine rings is 1. The molecule has 2 heterocycles. The van der Waals surface area contributed by atoms with Crippen LogP contribution >= 0.6 is 11.6 Å². The Balaban J connectivity index is 2.50. The summed E-state index contributed by atoms with van der Waals surface area (Å²) in [6, 6.07) is 3.42. The van der Waals surface area contributed by atoms with Crippen LogP contribution in [0.2, 0.25) is 5.15 Å². The van der Waals surface area contributed by atoms with Gasteiger partial charge in [0, 0.05) is 11.8 Å². The summed E-state index contributed by atoms with van der Waals surface area (Å²) in [5.74, 6) is -0.468. The van der Waals surface area contributed by atoms with Gasteiger partial charge in [0.15, 0.2) is 5.65 Å². The third kappa shape index (κ3) is 2.57. The van der Waals surface area contributed by atoms with Crippen molar-refractivity contribution >= 4 is 28.8 Å². The predicted octanol–water partition coefficient (Wildman–Crippen LogP) is 3.78. The molecule has 0 saturated carbocycles. The molecule has 3 rings (SSSR count). The molecule has 0 radical (unpaired) electrons. The van der Waals surface area contributed by atoms with Gasteiger partial charge in [-0.3, -0.25) is 9.20 Å². The van der Waals surface area contributed by atoms with E-state index >= 15 is 0 Å². The number of nitrogen functional groups attached to an aromatic ring is 1. The first-order valence-corrected chi connectivity index (χ1v) is 8.62. The standard InChI is InChI=1S/C19H21ClN4O2/c1-8(2)16-17(20)24-7-11(13-9(3)5-6-12(25)10(13)4)15(21)14(18(22)26)19(24)23-16/h5-8,25H,21H2,1-4H3,(H2,22,26). The van der Waals surface area contributed by atoms with Gasteiger partial charge in [0.25, 0.3) is 5.91 Å². The molecule has 1 aromatic carbocycles. The maximum atomic E-state index is 12.1. The summed E-state index contributed by atoms with van der Waals surface area (Å²) >= 11 is 6.51. The number of nitrogens with zero attached hydrogens (tertiary/aromatic N) is 2. The molecule has 0 fully saturated rings. The van der Waals surface area contributed by atoms with Gasteiger partial charge >= 0.3 is 0 Å². The number of amides is 1. The number of nitrogens with two attached hydrogens (primary N) is 2. The molecule has 0 unspecified atom stereocenters. The molecule has 7 heteroatoms. The molecule has 0 bridgehead atoms.